The van der Waals surface area contributed by atoms with Crippen molar-refractivity contribution in [3.63, 3.8) is 0 Å². The molecular formula is C27H25FN2O4. The molecule has 7 heteroatoms. The molecule has 0 aliphatic carbocycles. The number of pyridine rings is 1. The van der Waals surface area contributed by atoms with Crippen LogP contribution in [0.3, 0.4) is 0 Å². The Balaban J connectivity index is 1.85. The van der Waals surface area contributed by atoms with Crippen molar-refractivity contribution in [1.29, 1.82) is 0 Å². The number of benzene rings is 2. The third kappa shape index (κ3) is 4.41. The molecule has 1 aliphatic rings. The highest BCUT2D eigenvalue weighted by Crippen LogP contribution is 2.41. The number of aliphatic hydroxyl groups is 1. The molecule has 174 valence electrons. The maximum atomic E-state index is 14.9. The van der Waals surface area contributed by atoms with Crippen molar-refractivity contribution in [3.8, 4) is 5.75 Å². The Morgan fingerprint density at radius 1 is 1.12 bits per heavy atom. The molecule has 1 aliphatic heterocycles. The van der Waals surface area contributed by atoms with Crippen molar-refractivity contribution in [2.24, 2.45) is 0 Å². The van der Waals surface area contributed by atoms with Gasteiger partial charge < -0.3 is 14.7 Å². The molecule has 3 aromatic rings. The van der Waals surface area contributed by atoms with E-state index in [-0.39, 0.29) is 29.5 Å². The molecule has 1 saturated heterocycles. The van der Waals surface area contributed by atoms with E-state index >= 15 is 0 Å². The summed E-state index contributed by atoms with van der Waals surface area (Å²) in [5.74, 6) is -2.00. The lowest BCUT2D eigenvalue weighted by Crippen LogP contribution is -2.30. The third-order valence-corrected chi connectivity index (χ3v) is 5.61. The molecule has 1 fully saturated rings. The molecule has 6 nitrogen and oxygen atoms in total. The number of rotatable bonds is 6. The van der Waals surface area contributed by atoms with Crippen molar-refractivity contribution in [1.82, 2.24) is 9.88 Å². The largest absolute Gasteiger partial charge is 0.507 e. The Labute approximate surface area is 197 Å². The Kier molecular flexibility index (Phi) is 6.45. The monoisotopic (exact) mass is 460 g/mol. The van der Waals surface area contributed by atoms with Gasteiger partial charge in [-0.25, -0.2) is 4.39 Å². The topological polar surface area (TPSA) is 79.7 Å². The van der Waals surface area contributed by atoms with E-state index in [1.165, 1.54) is 23.1 Å². The molecule has 4 rings (SSSR count). The Morgan fingerprint density at radius 3 is 2.50 bits per heavy atom. The molecule has 0 radical (unpaired) electrons. The van der Waals surface area contributed by atoms with Crippen molar-refractivity contribution in [3.05, 3.63) is 101 Å². The summed E-state index contributed by atoms with van der Waals surface area (Å²) in [6.45, 7) is 5.62. The summed E-state index contributed by atoms with van der Waals surface area (Å²) in [5, 5.41) is 11.2. The maximum absolute atomic E-state index is 14.9. The van der Waals surface area contributed by atoms with Gasteiger partial charge in [0.25, 0.3) is 11.7 Å². The highest BCUT2D eigenvalue weighted by atomic mass is 19.1. The van der Waals surface area contributed by atoms with Crippen LogP contribution in [0.1, 0.15) is 42.3 Å². The number of hydrogen-bond donors (Lipinski definition) is 1. The highest BCUT2D eigenvalue weighted by Gasteiger charge is 2.47. The van der Waals surface area contributed by atoms with Crippen LogP contribution < -0.4 is 4.74 Å². The first-order valence-electron chi connectivity index (χ1n) is 11.0. The van der Waals surface area contributed by atoms with E-state index < -0.39 is 23.5 Å². The fraction of sp³-hybridized carbons (Fsp3) is 0.222. The molecule has 34 heavy (non-hydrogen) atoms. The van der Waals surface area contributed by atoms with Crippen LogP contribution in [-0.4, -0.2) is 32.8 Å². The van der Waals surface area contributed by atoms with Gasteiger partial charge in [-0.1, -0.05) is 24.3 Å². The lowest BCUT2D eigenvalue weighted by atomic mass is 9.94. The van der Waals surface area contributed by atoms with Gasteiger partial charge in [0.15, 0.2) is 0 Å². The van der Waals surface area contributed by atoms with E-state index in [9.17, 15) is 19.1 Å². The fourth-order valence-corrected chi connectivity index (χ4v) is 4.07. The minimum Gasteiger partial charge on any atom is -0.507 e. The predicted octanol–water partition coefficient (Wildman–Crippen LogP) is 4.94. The van der Waals surface area contributed by atoms with Crippen molar-refractivity contribution in [2.75, 3.05) is 0 Å². The van der Waals surface area contributed by atoms with Crippen molar-refractivity contribution < 1.29 is 23.8 Å². The number of hydrogen-bond acceptors (Lipinski definition) is 5. The van der Waals surface area contributed by atoms with Crippen LogP contribution in [0, 0.1) is 12.7 Å². The summed E-state index contributed by atoms with van der Waals surface area (Å²) in [5.41, 5.74) is 1.59. The maximum Gasteiger partial charge on any atom is 0.296 e. The second kappa shape index (κ2) is 9.47. The van der Waals surface area contributed by atoms with Crippen LogP contribution in [0.5, 0.6) is 5.75 Å². The van der Waals surface area contributed by atoms with Gasteiger partial charge in [-0.05, 0) is 62.7 Å². The van der Waals surface area contributed by atoms with Gasteiger partial charge in [-0.2, -0.15) is 0 Å². The average Bonchev–Trinajstić information content (AvgIpc) is 3.05. The number of aromatic nitrogens is 1. The van der Waals surface area contributed by atoms with Gasteiger partial charge in [0.05, 0.1) is 30.0 Å². The van der Waals surface area contributed by atoms with Gasteiger partial charge in [0, 0.05) is 17.3 Å². The molecule has 2 aromatic carbocycles. The smallest absolute Gasteiger partial charge is 0.296 e. The molecule has 1 N–H and O–H groups in total. The molecule has 1 aromatic heterocycles. The fourth-order valence-electron chi connectivity index (χ4n) is 4.07. The first-order valence-corrected chi connectivity index (χ1v) is 11.0. The minimum absolute atomic E-state index is 0.0125. The Morgan fingerprint density at radius 2 is 1.85 bits per heavy atom. The first-order chi connectivity index (χ1) is 16.3. The van der Waals surface area contributed by atoms with Crippen molar-refractivity contribution in [2.45, 2.75) is 39.5 Å². The van der Waals surface area contributed by atoms with E-state index in [0.717, 1.165) is 5.56 Å². The van der Waals surface area contributed by atoms with E-state index in [1.54, 1.807) is 48.7 Å². The number of nitrogens with zero attached hydrogens (tertiary/aromatic N) is 2. The van der Waals surface area contributed by atoms with Crippen LogP contribution in [-0.2, 0) is 16.1 Å². The number of Topliss-reactive ketones (excluding diaryl/α,β-unsaturated/α-hetero) is 1. The molecule has 1 unspecified atom stereocenters. The minimum atomic E-state index is -1.10. The normalized spacial score (nSPS) is 17.4. The second-order valence-electron chi connectivity index (χ2n) is 8.42. The van der Waals surface area contributed by atoms with E-state index in [4.69, 9.17) is 4.74 Å². The number of amides is 1. The number of aryl methyl sites for hydroxylation is 1. The van der Waals surface area contributed by atoms with Crippen LogP contribution in [0.2, 0.25) is 0 Å². The van der Waals surface area contributed by atoms with Crippen LogP contribution in [0.15, 0.2) is 72.4 Å². The predicted molar refractivity (Wildman–Crippen MR) is 125 cm³/mol. The molecule has 0 spiro atoms. The van der Waals surface area contributed by atoms with Gasteiger partial charge >= 0.3 is 0 Å². The summed E-state index contributed by atoms with van der Waals surface area (Å²) in [7, 11) is 0. The zero-order valence-corrected chi connectivity index (χ0v) is 19.2. The Hall–Kier alpha value is -4.00. The summed E-state index contributed by atoms with van der Waals surface area (Å²) in [6.07, 6.45) is 1.55. The number of halogens is 1. The molecule has 2 heterocycles. The zero-order chi connectivity index (χ0) is 24.4. The molecule has 0 bridgehead atoms. The standard InChI is InChI=1S/C27H25FN2O4/c1-16(2)34-22-12-11-18(14-17(22)3)25(31)23-24(20-9-4-5-10-21(20)28)30(27(33)26(23)32)15-19-8-6-7-13-29-19/h4-14,16,24,31H,15H2,1-3H3/b25-23+. The molecule has 1 amide bonds. The molecule has 0 saturated carbocycles. The molecular weight excluding hydrogens is 435 g/mol. The summed E-state index contributed by atoms with van der Waals surface area (Å²) >= 11 is 0. The number of carbonyl (C=O) groups is 2. The third-order valence-electron chi connectivity index (χ3n) is 5.61. The van der Waals surface area contributed by atoms with Gasteiger partial charge in [-0.15, -0.1) is 0 Å². The van der Waals surface area contributed by atoms with Crippen molar-refractivity contribution >= 4 is 17.4 Å². The highest BCUT2D eigenvalue weighted by molar-refractivity contribution is 6.46. The average molecular weight is 461 g/mol. The lowest BCUT2D eigenvalue weighted by Gasteiger charge is -2.25. The zero-order valence-electron chi connectivity index (χ0n) is 19.2. The summed E-state index contributed by atoms with van der Waals surface area (Å²) < 4.78 is 20.6. The number of ether oxygens (including phenoxy) is 1. The first kappa shape index (κ1) is 23.2. The number of likely N-dealkylation sites (tertiary alicyclic amines) is 1. The van der Waals surface area contributed by atoms with Crippen LogP contribution >= 0.6 is 0 Å². The summed E-state index contributed by atoms with van der Waals surface area (Å²) in [6, 6.07) is 15.0. The summed E-state index contributed by atoms with van der Waals surface area (Å²) in [4.78, 5) is 31.7. The van der Waals surface area contributed by atoms with E-state index in [2.05, 4.69) is 4.98 Å². The van der Waals surface area contributed by atoms with Gasteiger partial charge in [0.2, 0.25) is 0 Å². The lowest BCUT2D eigenvalue weighted by molar-refractivity contribution is -0.140. The van der Waals surface area contributed by atoms with Gasteiger partial charge in [-0.3, -0.25) is 14.6 Å². The number of aliphatic hydroxyl groups excluding tert-OH is 1. The van der Waals surface area contributed by atoms with E-state index in [0.29, 0.717) is 17.0 Å². The van der Waals surface area contributed by atoms with E-state index in [1.807, 2.05) is 20.8 Å². The molecule has 1 atom stereocenters. The van der Waals surface area contributed by atoms with Crippen LogP contribution in [0.4, 0.5) is 4.39 Å². The SMILES string of the molecule is Cc1cc(/C(O)=C2\C(=O)C(=O)N(Cc3ccccn3)C2c2ccccc2F)ccc1OC(C)C. The quantitative estimate of drug-likeness (QED) is 0.320. The number of ketones is 1. The Bertz CT molecular complexity index is 1270. The van der Waals surface area contributed by atoms with Gasteiger partial charge in [0.1, 0.15) is 17.3 Å². The number of carbonyl (C=O) groups excluding carboxylic acids is 2. The second-order valence-corrected chi connectivity index (χ2v) is 8.42. The van der Waals surface area contributed by atoms with Crippen LogP contribution in [0.25, 0.3) is 5.76 Å².